The largest absolute Gasteiger partial charge is 0.383 e. The van der Waals surface area contributed by atoms with E-state index < -0.39 is 11.8 Å². The summed E-state index contributed by atoms with van der Waals surface area (Å²) < 4.78 is 26.6. The van der Waals surface area contributed by atoms with Gasteiger partial charge in [-0.2, -0.15) is 5.26 Å². The van der Waals surface area contributed by atoms with Crippen LogP contribution in [0.15, 0.2) is 59.7 Å². The molecule has 0 saturated heterocycles. The van der Waals surface area contributed by atoms with Crippen LogP contribution in [0, 0.1) is 11.3 Å². The average molecular weight is 478 g/mol. The third-order valence-electron chi connectivity index (χ3n) is 6.32. The second-order valence-corrected chi connectivity index (χ2v) is 9.51. The monoisotopic (exact) mass is 477 g/mol. The first-order valence-corrected chi connectivity index (χ1v) is 11.3. The SMILES string of the molecule is C=C1NC(C)=C(CN(C)C)C=C1Nc1nccc(-c2cc(C#N)c3c(c2)C(C)(CC(F)F)CN3)n1. The van der Waals surface area contributed by atoms with Crippen molar-refractivity contribution >= 4 is 11.6 Å². The Bertz CT molecular complexity index is 1270. The van der Waals surface area contributed by atoms with Crippen LogP contribution in [0.25, 0.3) is 11.3 Å². The highest BCUT2D eigenvalue weighted by molar-refractivity contribution is 5.76. The minimum atomic E-state index is -2.45. The lowest BCUT2D eigenvalue weighted by Crippen LogP contribution is -2.27. The molecule has 1 unspecified atom stereocenters. The summed E-state index contributed by atoms with van der Waals surface area (Å²) in [6, 6.07) is 7.52. The smallest absolute Gasteiger partial charge is 0.239 e. The predicted molar refractivity (Wildman–Crippen MR) is 134 cm³/mol. The van der Waals surface area contributed by atoms with E-state index in [9.17, 15) is 14.0 Å². The predicted octanol–water partition coefficient (Wildman–Crippen LogP) is 4.60. The Hall–Kier alpha value is -3.77. The van der Waals surface area contributed by atoms with E-state index in [0.717, 1.165) is 23.5 Å². The molecule has 35 heavy (non-hydrogen) atoms. The van der Waals surface area contributed by atoms with Crippen molar-refractivity contribution in [3.05, 3.63) is 70.8 Å². The van der Waals surface area contributed by atoms with Crippen LogP contribution in [0.4, 0.5) is 20.4 Å². The van der Waals surface area contributed by atoms with Crippen molar-refractivity contribution in [3.8, 4) is 17.3 Å². The topological polar surface area (TPSA) is 88.9 Å². The fraction of sp³-hybridized carbons (Fsp3) is 0.346. The molecule has 1 aromatic carbocycles. The fourth-order valence-electron chi connectivity index (χ4n) is 4.51. The van der Waals surface area contributed by atoms with E-state index in [0.29, 0.717) is 46.3 Å². The molecular formula is C26H29F2N7. The first-order chi connectivity index (χ1) is 16.6. The van der Waals surface area contributed by atoms with Gasteiger partial charge in [0.2, 0.25) is 12.4 Å². The van der Waals surface area contributed by atoms with Gasteiger partial charge in [-0.05, 0) is 56.4 Å². The van der Waals surface area contributed by atoms with E-state index in [1.54, 1.807) is 25.3 Å². The van der Waals surface area contributed by atoms with Gasteiger partial charge >= 0.3 is 0 Å². The summed E-state index contributed by atoms with van der Waals surface area (Å²) in [6.07, 6.45) is 0.914. The van der Waals surface area contributed by atoms with Crippen molar-refractivity contribution in [2.75, 3.05) is 37.8 Å². The molecule has 2 aliphatic rings. The lowest BCUT2D eigenvalue weighted by Gasteiger charge is -2.24. The van der Waals surface area contributed by atoms with E-state index in [1.165, 1.54) is 0 Å². The molecule has 4 rings (SSSR count). The minimum Gasteiger partial charge on any atom is -0.383 e. The van der Waals surface area contributed by atoms with Crippen molar-refractivity contribution in [1.82, 2.24) is 20.2 Å². The molecule has 7 nitrogen and oxygen atoms in total. The maximum atomic E-state index is 13.3. The Balaban J connectivity index is 1.68. The molecule has 0 fully saturated rings. The number of rotatable bonds is 7. The molecule has 3 heterocycles. The molecule has 3 N–H and O–H groups in total. The molecule has 2 aromatic rings. The summed E-state index contributed by atoms with van der Waals surface area (Å²) in [5.41, 5.74) is 5.83. The van der Waals surface area contributed by atoms with Crippen molar-refractivity contribution in [2.24, 2.45) is 0 Å². The summed E-state index contributed by atoms with van der Waals surface area (Å²) in [5.74, 6) is 0.368. The number of anilines is 2. The van der Waals surface area contributed by atoms with Crippen LogP contribution >= 0.6 is 0 Å². The fourth-order valence-corrected chi connectivity index (χ4v) is 4.51. The van der Waals surface area contributed by atoms with Gasteiger partial charge in [-0.3, -0.25) is 0 Å². The van der Waals surface area contributed by atoms with Crippen LogP contribution in [0.1, 0.15) is 31.4 Å². The Morgan fingerprint density at radius 2 is 2.11 bits per heavy atom. The van der Waals surface area contributed by atoms with Gasteiger partial charge in [-0.1, -0.05) is 13.5 Å². The number of benzene rings is 1. The lowest BCUT2D eigenvalue weighted by molar-refractivity contribution is 0.111. The maximum Gasteiger partial charge on any atom is 0.239 e. The number of halogens is 2. The van der Waals surface area contributed by atoms with Crippen molar-refractivity contribution in [2.45, 2.75) is 32.1 Å². The number of fused-ring (bicyclic) bond motifs is 1. The first kappa shape index (κ1) is 24.4. The molecule has 0 aliphatic carbocycles. The third-order valence-corrected chi connectivity index (χ3v) is 6.32. The first-order valence-electron chi connectivity index (χ1n) is 11.3. The highest BCUT2D eigenvalue weighted by atomic mass is 19.3. The quantitative estimate of drug-likeness (QED) is 0.537. The van der Waals surface area contributed by atoms with Gasteiger partial charge < -0.3 is 20.9 Å². The van der Waals surface area contributed by atoms with Gasteiger partial charge in [0.05, 0.1) is 28.3 Å². The highest BCUT2D eigenvalue weighted by Gasteiger charge is 2.38. The lowest BCUT2D eigenvalue weighted by atomic mass is 9.80. The maximum absolute atomic E-state index is 13.3. The second-order valence-electron chi connectivity index (χ2n) is 9.51. The molecular weight excluding hydrogens is 448 g/mol. The van der Waals surface area contributed by atoms with Gasteiger partial charge in [0.1, 0.15) is 6.07 Å². The number of alkyl halides is 2. The van der Waals surface area contributed by atoms with Crippen molar-refractivity contribution in [3.63, 3.8) is 0 Å². The number of nitriles is 1. The zero-order valence-electron chi connectivity index (χ0n) is 20.3. The van der Waals surface area contributed by atoms with Crippen LogP contribution in [-0.4, -0.2) is 48.5 Å². The molecule has 1 atom stereocenters. The zero-order chi connectivity index (χ0) is 25.3. The minimum absolute atomic E-state index is 0.288. The van der Waals surface area contributed by atoms with Gasteiger partial charge in [0, 0.05) is 42.4 Å². The van der Waals surface area contributed by atoms with Gasteiger partial charge in [0.15, 0.2) is 0 Å². The molecule has 0 radical (unpaired) electrons. The molecule has 182 valence electrons. The van der Waals surface area contributed by atoms with E-state index >= 15 is 0 Å². The Kier molecular flexibility index (Phi) is 6.59. The van der Waals surface area contributed by atoms with E-state index in [-0.39, 0.29) is 6.42 Å². The van der Waals surface area contributed by atoms with Gasteiger partial charge in [0.25, 0.3) is 0 Å². The number of nitrogens with zero attached hydrogens (tertiary/aromatic N) is 4. The highest BCUT2D eigenvalue weighted by Crippen LogP contribution is 2.44. The van der Waals surface area contributed by atoms with Crippen molar-refractivity contribution in [1.29, 1.82) is 5.26 Å². The number of aromatic nitrogens is 2. The average Bonchev–Trinajstić information content (AvgIpc) is 3.12. The summed E-state index contributed by atoms with van der Waals surface area (Å²) in [7, 11) is 4.01. The molecule has 0 spiro atoms. The molecule has 2 aliphatic heterocycles. The Morgan fingerprint density at radius 1 is 1.34 bits per heavy atom. The van der Waals surface area contributed by atoms with Crippen LogP contribution in [0.3, 0.4) is 0 Å². The normalized spacial score (nSPS) is 19.3. The number of allylic oxidation sites excluding steroid dienone is 1. The molecule has 1 aromatic heterocycles. The molecule has 0 amide bonds. The van der Waals surface area contributed by atoms with Crippen molar-refractivity contribution < 1.29 is 8.78 Å². The number of likely N-dealkylation sites (N-methyl/N-ethyl adjacent to an activating group) is 1. The summed E-state index contributed by atoms with van der Waals surface area (Å²) >= 11 is 0. The summed E-state index contributed by atoms with van der Waals surface area (Å²) in [4.78, 5) is 11.1. The zero-order valence-corrected chi connectivity index (χ0v) is 20.3. The van der Waals surface area contributed by atoms with E-state index in [4.69, 9.17) is 0 Å². The van der Waals surface area contributed by atoms with E-state index in [2.05, 4.69) is 43.5 Å². The van der Waals surface area contributed by atoms with Crippen LogP contribution < -0.4 is 16.0 Å². The number of hydrogen-bond donors (Lipinski definition) is 3. The van der Waals surface area contributed by atoms with Crippen LogP contribution in [-0.2, 0) is 5.41 Å². The van der Waals surface area contributed by atoms with Gasteiger partial charge in [-0.15, -0.1) is 0 Å². The van der Waals surface area contributed by atoms with Crippen LogP contribution in [0.2, 0.25) is 0 Å². The number of nitrogens with one attached hydrogen (secondary N) is 3. The summed E-state index contributed by atoms with van der Waals surface area (Å²) in [6.45, 7) is 9.00. The molecule has 0 saturated carbocycles. The summed E-state index contributed by atoms with van der Waals surface area (Å²) in [5, 5.41) is 19.4. The Morgan fingerprint density at radius 3 is 2.80 bits per heavy atom. The van der Waals surface area contributed by atoms with Crippen LogP contribution in [0.5, 0.6) is 0 Å². The third kappa shape index (κ3) is 5.03. The van der Waals surface area contributed by atoms with E-state index in [1.807, 2.05) is 33.2 Å². The number of hydrogen-bond acceptors (Lipinski definition) is 7. The molecule has 0 bridgehead atoms. The standard InChI is InChI=1S/C26H29F2N7/c1-15-19(13-35(4)5)10-22(16(2)32-15)34-25-30-7-6-21(33-25)17-8-18(12-29)24-20(9-17)26(3,14-31-24)11-23(27)28/h6-10,23,31-32H,2,11,13-14H2,1,3-5H3,(H,30,33,34). The Labute approximate surface area is 204 Å². The molecule has 9 heteroatoms. The second kappa shape index (κ2) is 9.47. The number of dihydropyridines is 1. The van der Waals surface area contributed by atoms with Gasteiger partial charge in [-0.25, -0.2) is 18.7 Å².